The first-order valence-corrected chi connectivity index (χ1v) is 8.86. The maximum absolute atomic E-state index is 12.2. The monoisotopic (exact) mass is 364 g/mol. The molecule has 2 aromatic rings. The maximum Gasteiger partial charge on any atom is 0.264 e. The Balaban J connectivity index is 2.05. The molecule has 0 bridgehead atoms. The number of amides is 1. The van der Waals surface area contributed by atoms with E-state index in [1.807, 2.05) is 24.3 Å². The number of hydroxylamine groups is 1. The molecule has 25 heavy (non-hydrogen) atoms. The van der Waals surface area contributed by atoms with Crippen molar-refractivity contribution in [1.82, 2.24) is 9.79 Å². The summed E-state index contributed by atoms with van der Waals surface area (Å²) >= 11 is 0. The molecule has 0 aliphatic carbocycles. The molecule has 134 valence electrons. The van der Waals surface area contributed by atoms with Gasteiger partial charge in [0.05, 0.1) is 19.1 Å². The summed E-state index contributed by atoms with van der Waals surface area (Å²) in [6.07, 6.45) is 0. The number of carbonyl (C=O) groups excluding carboxylic acids is 1. The number of sulfonamides is 1. The van der Waals surface area contributed by atoms with Crippen molar-refractivity contribution in [3.05, 3.63) is 59.7 Å². The largest absolute Gasteiger partial charge is 0.497 e. The molecule has 0 radical (unpaired) electrons. The van der Waals surface area contributed by atoms with E-state index in [1.54, 1.807) is 7.11 Å². The van der Waals surface area contributed by atoms with Crippen LogP contribution in [-0.4, -0.2) is 40.1 Å². The fourth-order valence-corrected chi connectivity index (χ4v) is 3.06. The molecule has 0 aliphatic rings. The lowest BCUT2D eigenvalue weighted by Crippen LogP contribution is -2.26. The molecule has 1 amide bonds. The highest BCUT2D eigenvalue weighted by Gasteiger charge is 2.20. The topological polar surface area (TPSA) is 84.9 Å². The zero-order chi connectivity index (χ0) is 18.4. The minimum Gasteiger partial charge on any atom is -0.497 e. The van der Waals surface area contributed by atoms with E-state index < -0.39 is 10.0 Å². The van der Waals surface area contributed by atoms with Gasteiger partial charge in [0.2, 0.25) is 0 Å². The lowest BCUT2D eigenvalue weighted by Gasteiger charge is -2.14. The molecule has 0 saturated carbocycles. The van der Waals surface area contributed by atoms with Gasteiger partial charge < -0.3 is 10.1 Å². The Bertz CT molecular complexity index is 834. The SMILES string of the molecule is COc1cccc(CNC(=O)c2ccc(S(=O)(=O)N(C)OC)cc2)c1. The number of methoxy groups -OCH3 is 1. The molecule has 0 unspecified atom stereocenters. The molecular formula is C17H20N2O5S. The van der Waals surface area contributed by atoms with Crippen LogP contribution in [0.3, 0.4) is 0 Å². The lowest BCUT2D eigenvalue weighted by molar-refractivity contribution is -0.0258. The second kappa shape index (κ2) is 8.11. The molecule has 0 aromatic heterocycles. The van der Waals surface area contributed by atoms with E-state index in [0.29, 0.717) is 17.9 Å². The van der Waals surface area contributed by atoms with Gasteiger partial charge >= 0.3 is 0 Å². The summed E-state index contributed by atoms with van der Waals surface area (Å²) in [5.74, 6) is 0.412. The van der Waals surface area contributed by atoms with Crippen molar-refractivity contribution >= 4 is 15.9 Å². The Morgan fingerprint density at radius 2 is 1.80 bits per heavy atom. The van der Waals surface area contributed by atoms with E-state index in [2.05, 4.69) is 5.32 Å². The van der Waals surface area contributed by atoms with Gasteiger partial charge in [-0.25, -0.2) is 8.42 Å². The average Bonchev–Trinajstić information content (AvgIpc) is 2.65. The molecular weight excluding hydrogens is 344 g/mol. The smallest absolute Gasteiger partial charge is 0.264 e. The fraction of sp³-hybridized carbons (Fsp3) is 0.235. The Labute approximate surface area is 147 Å². The summed E-state index contributed by atoms with van der Waals surface area (Å²) < 4.78 is 30.1. The molecule has 2 rings (SSSR count). The van der Waals surface area contributed by atoms with Crippen LogP contribution in [0, 0.1) is 0 Å². The molecule has 0 saturated heterocycles. The number of rotatable bonds is 7. The highest BCUT2D eigenvalue weighted by atomic mass is 32.2. The van der Waals surface area contributed by atoms with E-state index in [-0.39, 0.29) is 10.8 Å². The Morgan fingerprint density at radius 1 is 1.12 bits per heavy atom. The molecule has 2 aromatic carbocycles. The third-order valence-electron chi connectivity index (χ3n) is 3.60. The molecule has 0 spiro atoms. The van der Waals surface area contributed by atoms with Gasteiger partial charge in [0.15, 0.2) is 0 Å². The highest BCUT2D eigenvalue weighted by molar-refractivity contribution is 7.89. The summed E-state index contributed by atoms with van der Waals surface area (Å²) in [5.41, 5.74) is 1.26. The third kappa shape index (κ3) is 4.56. The summed E-state index contributed by atoms with van der Waals surface area (Å²) in [4.78, 5) is 16.9. The number of nitrogens with one attached hydrogen (secondary N) is 1. The van der Waals surface area contributed by atoms with Crippen molar-refractivity contribution in [1.29, 1.82) is 0 Å². The van der Waals surface area contributed by atoms with E-state index in [1.165, 1.54) is 38.4 Å². The predicted molar refractivity (Wildman–Crippen MR) is 92.6 cm³/mol. The van der Waals surface area contributed by atoms with Crippen LogP contribution in [-0.2, 0) is 21.4 Å². The Hall–Kier alpha value is -2.42. The van der Waals surface area contributed by atoms with Crippen LogP contribution in [0.5, 0.6) is 5.75 Å². The predicted octanol–water partition coefficient (Wildman–Crippen LogP) is 1.81. The number of hydrogen-bond acceptors (Lipinski definition) is 5. The third-order valence-corrected chi connectivity index (χ3v) is 5.29. The Morgan fingerprint density at radius 3 is 2.40 bits per heavy atom. The molecule has 7 nitrogen and oxygen atoms in total. The summed E-state index contributed by atoms with van der Waals surface area (Å²) in [6.45, 7) is 0.336. The molecule has 0 atom stereocenters. The van der Waals surface area contributed by atoms with Gasteiger partial charge in [-0.2, -0.15) is 0 Å². The van der Waals surface area contributed by atoms with Gasteiger partial charge in [-0.3, -0.25) is 9.63 Å². The second-order valence-corrected chi connectivity index (χ2v) is 7.09. The first kappa shape index (κ1) is 18.9. The normalized spacial score (nSPS) is 11.4. The molecule has 1 N–H and O–H groups in total. The van der Waals surface area contributed by atoms with Gasteiger partial charge in [0.1, 0.15) is 5.75 Å². The molecule has 0 heterocycles. The van der Waals surface area contributed by atoms with Gasteiger partial charge in [-0.05, 0) is 42.0 Å². The first-order valence-electron chi connectivity index (χ1n) is 7.42. The van der Waals surface area contributed by atoms with Crippen molar-refractivity contribution in [2.24, 2.45) is 0 Å². The van der Waals surface area contributed by atoms with Gasteiger partial charge in [0, 0.05) is 19.2 Å². The van der Waals surface area contributed by atoms with E-state index >= 15 is 0 Å². The van der Waals surface area contributed by atoms with Crippen molar-refractivity contribution in [2.75, 3.05) is 21.3 Å². The summed E-state index contributed by atoms with van der Waals surface area (Å²) in [7, 11) is 0.406. The number of benzene rings is 2. The second-order valence-electron chi connectivity index (χ2n) is 5.16. The van der Waals surface area contributed by atoms with E-state index in [4.69, 9.17) is 9.57 Å². The number of nitrogens with zero attached hydrogens (tertiary/aromatic N) is 1. The van der Waals surface area contributed by atoms with Crippen molar-refractivity contribution in [3.8, 4) is 5.75 Å². The summed E-state index contributed by atoms with van der Waals surface area (Å²) in [6, 6.07) is 13.0. The van der Waals surface area contributed by atoms with Gasteiger partial charge in [0.25, 0.3) is 15.9 Å². The maximum atomic E-state index is 12.2. The number of ether oxygens (including phenoxy) is 1. The van der Waals surface area contributed by atoms with E-state index in [9.17, 15) is 13.2 Å². The van der Waals surface area contributed by atoms with E-state index in [0.717, 1.165) is 10.0 Å². The van der Waals surface area contributed by atoms with Gasteiger partial charge in [-0.15, -0.1) is 0 Å². The van der Waals surface area contributed by atoms with Crippen molar-refractivity contribution in [2.45, 2.75) is 11.4 Å². The summed E-state index contributed by atoms with van der Waals surface area (Å²) in [5, 5.41) is 2.78. The minimum absolute atomic E-state index is 0.0428. The quantitative estimate of drug-likeness (QED) is 0.758. The van der Waals surface area contributed by atoms with Gasteiger partial charge in [-0.1, -0.05) is 16.6 Å². The highest BCUT2D eigenvalue weighted by Crippen LogP contribution is 2.16. The molecule has 8 heteroatoms. The minimum atomic E-state index is -3.73. The van der Waals surface area contributed by atoms with Crippen LogP contribution in [0.1, 0.15) is 15.9 Å². The van der Waals surface area contributed by atoms with Crippen molar-refractivity contribution < 1.29 is 22.8 Å². The number of hydrogen-bond donors (Lipinski definition) is 1. The van der Waals surface area contributed by atoms with Crippen LogP contribution >= 0.6 is 0 Å². The van der Waals surface area contributed by atoms with Crippen LogP contribution in [0.2, 0.25) is 0 Å². The molecule has 0 fully saturated rings. The zero-order valence-corrected chi connectivity index (χ0v) is 15.0. The average molecular weight is 364 g/mol. The van der Waals surface area contributed by atoms with Crippen LogP contribution in [0.25, 0.3) is 0 Å². The number of carbonyl (C=O) groups is 1. The fourth-order valence-electron chi connectivity index (χ4n) is 2.09. The standard InChI is InChI=1S/C17H20N2O5S/c1-19(24-3)25(21,22)16-9-7-14(8-10-16)17(20)18-12-13-5-4-6-15(11-13)23-2/h4-11H,12H2,1-3H3,(H,18,20). The Kier molecular flexibility index (Phi) is 6.13. The molecule has 0 aliphatic heterocycles. The van der Waals surface area contributed by atoms with Crippen molar-refractivity contribution in [3.63, 3.8) is 0 Å². The van der Waals surface area contributed by atoms with Crippen LogP contribution in [0.4, 0.5) is 0 Å². The van der Waals surface area contributed by atoms with Crippen LogP contribution in [0.15, 0.2) is 53.4 Å². The lowest BCUT2D eigenvalue weighted by atomic mass is 10.2. The first-order chi connectivity index (χ1) is 11.9. The van der Waals surface area contributed by atoms with Crippen LogP contribution < -0.4 is 10.1 Å². The zero-order valence-electron chi connectivity index (χ0n) is 14.2.